The van der Waals surface area contributed by atoms with Crippen LogP contribution in [-0.4, -0.2) is 18.3 Å². The molecule has 0 bridgehead atoms. The van der Waals surface area contributed by atoms with Gasteiger partial charge in [0, 0.05) is 29.4 Å². The van der Waals surface area contributed by atoms with Gasteiger partial charge in [-0.05, 0) is 27.9 Å². The van der Waals surface area contributed by atoms with Crippen molar-refractivity contribution < 1.29 is 13.6 Å². The topological polar surface area (TPSA) is 20.3 Å². The number of amides is 1. The standard InChI is InChI=1S/C11H9BrClF2NO/c12-7-2-8(14)9(15)3-10(7)16-5-6(4-13)1-11(16)17/h2-3,6H,1,4-5H2. The maximum Gasteiger partial charge on any atom is 0.227 e. The number of hydrogen-bond acceptors (Lipinski definition) is 1. The maximum atomic E-state index is 13.2. The number of carbonyl (C=O) groups is 1. The van der Waals surface area contributed by atoms with Crippen molar-refractivity contribution in [2.45, 2.75) is 6.42 Å². The Balaban J connectivity index is 2.35. The SMILES string of the molecule is O=C1CC(CCl)CN1c1cc(F)c(F)cc1Br. The van der Waals surface area contributed by atoms with Gasteiger partial charge >= 0.3 is 0 Å². The predicted octanol–water partition coefficient (Wildman–Crippen LogP) is 3.32. The number of hydrogen-bond donors (Lipinski definition) is 0. The van der Waals surface area contributed by atoms with E-state index < -0.39 is 11.6 Å². The van der Waals surface area contributed by atoms with Gasteiger partial charge in [0.15, 0.2) is 11.6 Å². The van der Waals surface area contributed by atoms with Crippen LogP contribution in [0.5, 0.6) is 0 Å². The zero-order valence-corrected chi connectivity index (χ0v) is 11.1. The average Bonchev–Trinajstić information content (AvgIpc) is 2.65. The van der Waals surface area contributed by atoms with E-state index in [2.05, 4.69) is 15.9 Å². The van der Waals surface area contributed by atoms with Gasteiger partial charge in [-0.1, -0.05) is 0 Å². The number of rotatable bonds is 2. The van der Waals surface area contributed by atoms with E-state index in [1.54, 1.807) is 0 Å². The van der Waals surface area contributed by atoms with Crippen molar-refractivity contribution in [3.63, 3.8) is 0 Å². The zero-order chi connectivity index (χ0) is 12.6. The number of anilines is 1. The Bertz CT molecular complexity index is 469. The molecule has 1 heterocycles. The molecule has 0 aliphatic carbocycles. The van der Waals surface area contributed by atoms with Crippen LogP contribution in [0.25, 0.3) is 0 Å². The predicted molar refractivity (Wildman–Crippen MR) is 65.2 cm³/mol. The van der Waals surface area contributed by atoms with Crippen molar-refractivity contribution in [1.82, 2.24) is 0 Å². The molecule has 1 aromatic rings. The van der Waals surface area contributed by atoms with E-state index in [0.717, 1.165) is 12.1 Å². The number of carbonyl (C=O) groups excluding carboxylic acids is 1. The highest BCUT2D eigenvalue weighted by atomic mass is 79.9. The second-order valence-corrected chi connectivity index (χ2v) is 5.11. The van der Waals surface area contributed by atoms with Gasteiger partial charge in [0.2, 0.25) is 5.91 Å². The molecular formula is C11H9BrClF2NO. The van der Waals surface area contributed by atoms with Crippen LogP contribution in [-0.2, 0) is 4.79 Å². The van der Waals surface area contributed by atoms with E-state index in [0.29, 0.717) is 29.0 Å². The summed E-state index contributed by atoms with van der Waals surface area (Å²) in [4.78, 5) is 13.2. The van der Waals surface area contributed by atoms with E-state index in [1.165, 1.54) is 4.90 Å². The van der Waals surface area contributed by atoms with Gasteiger partial charge < -0.3 is 4.90 Å². The Morgan fingerprint density at radius 2 is 2.06 bits per heavy atom. The third-order valence-electron chi connectivity index (χ3n) is 2.70. The Kier molecular flexibility index (Phi) is 3.68. The van der Waals surface area contributed by atoms with Crippen molar-refractivity contribution in [3.8, 4) is 0 Å². The van der Waals surface area contributed by atoms with Crippen molar-refractivity contribution in [3.05, 3.63) is 28.2 Å². The van der Waals surface area contributed by atoms with Gasteiger partial charge in [-0.2, -0.15) is 0 Å². The lowest BCUT2D eigenvalue weighted by molar-refractivity contribution is -0.117. The first-order valence-corrected chi connectivity index (χ1v) is 6.36. The molecule has 17 heavy (non-hydrogen) atoms. The molecule has 0 aromatic heterocycles. The summed E-state index contributed by atoms with van der Waals surface area (Å²) in [5, 5.41) is 0. The lowest BCUT2D eigenvalue weighted by Crippen LogP contribution is -2.25. The molecule has 1 amide bonds. The molecule has 1 atom stereocenters. The summed E-state index contributed by atoms with van der Waals surface area (Å²) in [5.74, 6) is -1.60. The van der Waals surface area contributed by atoms with Crippen LogP contribution in [0.1, 0.15) is 6.42 Å². The highest BCUT2D eigenvalue weighted by Gasteiger charge is 2.31. The lowest BCUT2D eigenvalue weighted by atomic mass is 10.1. The van der Waals surface area contributed by atoms with Crippen LogP contribution in [0.3, 0.4) is 0 Å². The van der Waals surface area contributed by atoms with Crippen LogP contribution in [0.2, 0.25) is 0 Å². The summed E-state index contributed by atoms with van der Waals surface area (Å²) in [6.45, 7) is 0.437. The van der Waals surface area contributed by atoms with E-state index in [9.17, 15) is 13.6 Å². The van der Waals surface area contributed by atoms with Gasteiger partial charge in [-0.3, -0.25) is 4.79 Å². The van der Waals surface area contributed by atoms with E-state index in [1.807, 2.05) is 0 Å². The molecule has 2 rings (SSSR count). The monoisotopic (exact) mass is 323 g/mol. The summed E-state index contributed by atoms with van der Waals surface area (Å²) in [7, 11) is 0. The first kappa shape index (κ1) is 12.8. The summed E-state index contributed by atoms with van der Waals surface area (Å²) < 4.78 is 26.5. The molecule has 1 aromatic carbocycles. The van der Waals surface area contributed by atoms with Crippen LogP contribution >= 0.6 is 27.5 Å². The molecule has 1 unspecified atom stereocenters. The normalized spacial score (nSPS) is 20.1. The van der Waals surface area contributed by atoms with Crippen LogP contribution in [0.4, 0.5) is 14.5 Å². The number of halogens is 4. The third kappa shape index (κ3) is 2.45. The largest absolute Gasteiger partial charge is 0.311 e. The Morgan fingerprint density at radius 1 is 1.41 bits per heavy atom. The molecule has 0 radical (unpaired) electrons. The van der Waals surface area contributed by atoms with Crippen molar-refractivity contribution in [2.75, 3.05) is 17.3 Å². The Morgan fingerprint density at radius 3 is 2.65 bits per heavy atom. The maximum absolute atomic E-state index is 13.2. The van der Waals surface area contributed by atoms with Crippen molar-refractivity contribution >= 4 is 39.1 Å². The van der Waals surface area contributed by atoms with Gasteiger partial charge in [0.25, 0.3) is 0 Å². The fourth-order valence-electron chi connectivity index (χ4n) is 1.84. The second-order valence-electron chi connectivity index (χ2n) is 3.95. The molecule has 1 aliphatic heterocycles. The molecule has 0 saturated carbocycles. The summed E-state index contributed by atoms with van der Waals surface area (Å²) >= 11 is 8.82. The van der Waals surface area contributed by atoms with Crippen LogP contribution in [0, 0.1) is 17.6 Å². The fraction of sp³-hybridized carbons (Fsp3) is 0.364. The molecule has 1 saturated heterocycles. The number of alkyl halides is 1. The van der Waals surface area contributed by atoms with Crippen molar-refractivity contribution in [2.24, 2.45) is 5.92 Å². The summed E-state index contributed by atoms with van der Waals surface area (Å²) in [6.07, 6.45) is 0.342. The summed E-state index contributed by atoms with van der Waals surface area (Å²) in [6, 6.07) is 2.04. The second kappa shape index (κ2) is 4.90. The lowest BCUT2D eigenvalue weighted by Gasteiger charge is -2.18. The Hall–Kier alpha value is -0.680. The highest BCUT2D eigenvalue weighted by Crippen LogP contribution is 2.33. The first-order chi connectivity index (χ1) is 8.02. The van der Waals surface area contributed by atoms with Crippen LogP contribution < -0.4 is 4.90 Å². The minimum absolute atomic E-state index is 0.0594. The highest BCUT2D eigenvalue weighted by molar-refractivity contribution is 9.10. The minimum Gasteiger partial charge on any atom is -0.311 e. The molecule has 2 nitrogen and oxygen atoms in total. The minimum atomic E-state index is -0.967. The number of nitrogens with zero attached hydrogens (tertiary/aromatic N) is 1. The third-order valence-corrected chi connectivity index (χ3v) is 3.78. The molecule has 0 spiro atoms. The average molecular weight is 325 g/mol. The zero-order valence-electron chi connectivity index (χ0n) is 8.72. The molecule has 6 heteroatoms. The molecule has 1 fully saturated rings. The van der Waals surface area contributed by atoms with Gasteiger partial charge in [-0.25, -0.2) is 8.78 Å². The molecular weight excluding hydrogens is 315 g/mol. The van der Waals surface area contributed by atoms with Crippen molar-refractivity contribution in [1.29, 1.82) is 0 Å². The molecule has 0 N–H and O–H groups in total. The van der Waals surface area contributed by atoms with E-state index in [4.69, 9.17) is 11.6 Å². The van der Waals surface area contributed by atoms with Gasteiger partial charge in [0.1, 0.15) is 0 Å². The van der Waals surface area contributed by atoms with E-state index in [-0.39, 0.29) is 11.8 Å². The smallest absolute Gasteiger partial charge is 0.227 e. The fourth-order valence-corrected chi connectivity index (χ4v) is 2.57. The van der Waals surface area contributed by atoms with Crippen LogP contribution in [0.15, 0.2) is 16.6 Å². The first-order valence-electron chi connectivity index (χ1n) is 5.03. The summed E-state index contributed by atoms with van der Waals surface area (Å²) in [5.41, 5.74) is 0.349. The quantitative estimate of drug-likeness (QED) is 0.604. The molecule has 1 aliphatic rings. The molecule has 92 valence electrons. The number of benzene rings is 1. The van der Waals surface area contributed by atoms with E-state index >= 15 is 0 Å². The Labute approximate surface area is 111 Å². The van der Waals surface area contributed by atoms with Gasteiger partial charge in [0.05, 0.1) is 5.69 Å². The van der Waals surface area contributed by atoms with Gasteiger partial charge in [-0.15, -0.1) is 11.6 Å².